The number of H-pyrrole nitrogens is 1. The van der Waals surface area contributed by atoms with E-state index in [0.717, 1.165) is 5.56 Å². The van der Waals surface area contributed by atoms with Crippen molar-refractivity contribution in [3.63, 3.8) is 0 Å². The van der Waals surface area contributed by atoms with Crippen LogP contribution < -0.4 is 16.4 Å². The molecule has 0 aliphatic heterocycles. The van der Waals surface area contributed by atoms with Crippen molar-refractivity contribution in [3.05, 3.63) is 51.0 Å². The summed E-state index contributed by atoms with van der Waals surface area (Å²) in [5.41, 5.74) is 1.56. The van der Waals surface area contributed by atoms with Gasteiger partial charge in [0.2, 0.25) is 0 Å². The highest BCUT2D eigenvalue weighted by Crippen LogP contribution is 2.14. The molecule has 0 aliphatic carbocycles. The molecule has 0 unspecified atom stereocenters. The summed E-state index contributed by atoms with van der Waals surface area (Å²) in [6.07, 6.45) is 3.87. The lowest BCUT2D eigenvalue weighted by Crippen LogP contribution is -2.28. The molecule has 1 aromatic heterocycles. The summed E-state index contributed by atoms with van der Waals surface area (Å²) in [4.78, 5) is 15.9. The first-order chi connectivity index (χ1) is 8.11. The maximum absolute atomic E-state index is 11.8. The molecule has 0 saturated carbocycles. The van der Waals surface area contributed by atoms with Crippen LogP contribution in [0.25, 0.3) is 12.7 Å². The summed E-state index contributed by atoms with van der Waals surface area (Å²) in [5.74, 6) is 0. The Morgan fingerprint density at radius 3 is 2.47 bits per heavy atom. The highest BCUT2D eigenvalue weighted by molar-refractivity contribution is 7.98. The van der Waals surface area contributed by atoms with Crippen molar-refractivity contribution in [2.45, 2.75) is 4.90 Å². The number of rotatable bonds is 2. The van der Waals surface area contributed by atoms with Crippen LogP contribution in [0.5, 0.6) is 0 Å². The van der Waals surface area contributed by atoms with Crippen molar-refractivity contribution in [3.8, 4) is 0 Å². The quantitative estimate of drug-likeness (QED) is 0.791. The Morgan fingerprint density at radius 2 is 2.00 bits per heavy atom. The minimum absolute atomic E-state index is 0.0519. The van der Waals surface area contributed by atoms with Crippen molar-refractivity contribution in [2.24, 2.45) is 7.05 Å². The fourth-order valence-corrected chi connectivity index (χ4v) is 1.97. The SMILES string of the molecule is C=c1[nH]/c(=C\c2ccc(SC)cc2)c(=O)n1C. The van der Waals surface area contributed by atoms with Gasteiger partial charge < -0.3 is 4.98 Å². The van der Waals surface area contributed by atoms with E-state index < -0.39 is 0 Å². The maximum Gasteiger partial charge on any atom is 0.275 e. The van der Waals surface area contributed by atoms with E-state index in [2.05, 4.69) is 11.6 Å². The van der Waals surface area contributed by atoms with Crippen LogP contribution >= 0.6 is 11.8 Å². The van der Waals surface area contributed by atoms with Gasteiger partial charge >= 0.3 is 0 Å². The zero-order valence-corrected chi connectivity index (χ0v) is 10.7. The number of nitrogens with zero attached hydrogens (tertiary/aromatic N) is 1. The first-order valence-electron chi connectivity index (χ1n) is 5.21. The molecule has 0 amide bonds. The summed E-state index contributed by atoms with van der Waals surface area (Å²) in [6, 6.07) is 8.06. The predicted octanol–water partition coefficient (Wildman–Crippen LogP) is 0.674. The van der Waals surface area contributed by atoms with Crippen LogP contribution in [-0.2, 0) is 7.05 Å². The molecule has 3 nitrogen and oxygen atoms in total. The Balaban J connectivity index is 2.51. The summed E-state index contributed by atoms with van der Waals surface area (Å²) in [5, 5.41) is 0.564. The Bertz CT molecular complexity index is 680. The van der Waals surface area contributed by atoms with Gasteiger partial charge in [-0.3, -0.25) is 9.36 Å². The van der Waals surface area contributed by atoms with Gasteiger partial charge in [0, 0.05) is 11.9 Å². The third kappa shape index (κ3) is 2.36. The van der Waals surface area contributed by atoms with Gasteiger partial charge in [0.1, 0.15) is 10.8 Å². The molecule has 88 valence electrons. The molecule has 0 fully saturated rings. The van der Waals surface area contributed by atoms with E-state index in [-0.39, 0.29) is 5.56 Å². The van der Waals surface area contributed by atoms with Gasteiger partial charge in [-0.05, 0) is 30.0 Å². The standard InChI is InChI=1S/C13H14N2OS/c1-9-14-12(13(16)15(9)2)8-10-4-6-11(17-3)7-5-10/h4-8,14H,1H2,2-3H3/b12-8-. The molecule has 0 aliphatic rings. The Labute approximate surface area is 103 Å². The van der Waals surface area contributed by atoms with Crippen molar-refractivity contribution in [1.82, 2.24) is 9.55 Å². The number of nitrogens with one attached hydrogen (secondary N) is 1. The fraction of sp³-hybridized carbons (Fsp3) is 0.154. The van der Waals surface area contributed by atoms with Crippen LogP contribution in [0.15, 0.2) is 34.0 Å². The molecule has 0 radical (unpaired) electrons. The topological polar surface area (TPSA) is 37.8 Å². The second-order valence-corrected chi connectivity index (χ2v) is 4.65. The summed E-state index contributed by atoms with van der Waals surface area (Å²) in [6.45, 7) is 3.75. The van der Waals surface area contributed by atoms with E-state index in [0.29, 0.717) is 10.8 Å². The lowest BCUT2D eigenvalue weighted by molar-refractivity contribution is 0.840. The van der Waals surface area contributed by atoms with Crippen molar-refractivity contribution in [1.29, 1.82) is 0 Å². The van der Waals surface area contributed by atoms with Crippen LogP contribution in [0.1, 0.15) is 5.56 Å². The van der Waals surface area contributed by atoms with Gasteiger partial charge in [0.25, 0.3) is 5.56 Å². The zero-order valence-electron chi connectivity index (χ0n) is 9.86. The molecule has 1 N–H and O–H groups in total. The number of hydrogen-bond acceptors (Lipinski definition) is 2. The molecule has 1 heterocycles. The Kier molecular flexibility index (Phi) is 3.24. The molecular formula is C13H14N2OS. The first kappa shape index (κ1) is 11.8. The second kappa shape index (κ2) is 4.67. The van der Waals surface area contributed by atoms with Gasteiger partial charge in [0.15, 0.2) is 0 Å². The number of hydrogen-bond donors (Lipinski definition) is 1. The molecule has 0 saturated heterocycles. The lowest BCUT2D eigenvalue weighted by atomic mass is 10.2. The number of aromatic nitrogens is 2. The summed E-state index contributed by atoms with van der Waals surface area (Å²) < 4.78 is 1.50. The highest BCUT2D eigenvalue weighted by atomic mass is 32.2. The zero-order chi connectivity index (χ0) is 12.4. The van der Waals surface area contributed by atoms with Gasteiger partial charge in [-0.15, -0.1) is 11.8 Å². The van der Waals surface area contributed by atoms with Gasteiger partial charge in [0.05, 0.1) is 0 Å². The van der Waals surface area contributed by atoms with E-state index in [1.807, 2.05) is 36.6 Å². The molecule has 1 aromatic carbocycles. The molecule has 0 bridgehead atoms. The first-order valence-corrected chi connectivity index (χ1v) is 6.44. The average Bonchev–Trinajstić information content (AvgIpc) is 2.58. The number of imidazole rings is 1. The highest BCUT2D eigenvalue weighted by Gasteiger charge is 1.97. The van der Waals surface area contributed by atoms with Crippen LogP contribution in [0.4, 0.5) is 0 Å². The predicted molar refractivity (Wildman–Crippen MR) is 72.6 cm³/mol. The van der Waals surface area contributed by atoms with Crippen LogP contribution in [0.3, 0.4) is 0 Å². The van der Waals surface area contributed by atoms with E-state index in [9.17, 15) is 4.79 Å². The smallest absolute Gasteiger partial charge is 0.275 e. The monoisotopic (exact) mass is 246 g/mol. The fourth-order valence-electron chi connectivity index (χ4n) is 1.56. The average molecular weight is 246 g/mol. The third-order valence-corrected chi connectivity index (χ3v) is 3.39. The van der Waals surface area contributed by atoms with E-state index in [1.54, 1.807) is 18.8 Å². The minimum atomic E-state index is -0.0519. The largest absolute Gasteiger partial charge is 0.338 e. The number of thioether (sulfide) groups is 1. The van der Waals surface area contributed by atoms with E-state index in [4.69, 9.17) is 0 Å². The van der Waals surface area contributed by atoms with Crippen LogP contribution in [-0.4, -0.2) is 15.8 Å². The molecule has 0 spiro atoms. The van der Waals surface area contributed by atoms with Gasteiger partial charge in [-0.2, -0.15) is 0 Å². The molecule has 0 atom stereocenters. The second-order valence-electron chi connectivity index (χ2n) is 3.77. The molecular weight excluding hydrogens is 232 g/mol. The van der Waals surface area contributed by atoms with Crippen LogP contribution in [0, 0.1) is 0 Å². The van der Waals surface area contributed by atoms with E-state index in [1.165, 1.54) is 9.46 Å². The summed E-state index contributed by atoms with van der Waals surface area (Å²) in [7, 11) is 1.70. The van der Waals surface area contributed by atoms with Gasteiger partial charge in [-0.1, -0.05) is 18.7 Å². The maximum atomic E-state index is 11.8. The summed E-state index contributed by atoms with van der Waals surface area (Å²) >= 11 is 1.70. The Morgan fingerprint density at radius 1 is 1.35 bits per heavy atom. The molecule has 2 aromatic rings. The Hall–Kier alpha value is -1.68. The lowest BCUT2D eigenvalue weighted by Gasteiger charge is -1.95. The van der Waals surface area contributed by atoms with Crippen LogP contribution in [0.2, 0.25) is 0 Å². The normalized spacial score (nSPS) is 12.0. The molecule has 4 heteroatoms. The van der Waals surface area contributed by atoms with Crippen molar-refractivity contribution in [2.75, 3.05) is 6.26 Å². The van der Waals surface area contributed by atoms with Crippen molar-refractivity contribution < 1.29 is 0 Å². The van der Waals surface area contributed by atoms with E-state index >= 15 is 0 Å². The van der Waals surface area contributed by atoms with Crippen molar-refractivity contribution >= 4 is 24.4 Å². The van der Waals surface area contributed by atoms with Gasteiger partial charge in [-0.25, -0.2) is 0 Å². The number of benzene rings is 1. The molecule has 17 heavy (non-hydrogen) atoms. The minimum Gasteiger partial charge on any atom is -0.338 e. The molecule has 2 rings (SSSR count). The third-order valence-electron chi connectivity index (χ3n) is 2.65. The number of aromatic amines is 1.